The molecule has 0 heterocycles. The summed E-state index contributed by atoms with van der Waals surface area (Å²) in [6.45, 7) is 0.406. The van der Waals surface area contributed by atoms with Crippen molar-refractivity contribution in [3.8, 4) is 5.75 Å². The molecular weight excluding hydrogens is 302 g/mol. The lowest BCUT2D eigenvalue weighted by molar-refractivity contribution is 0.307. The maximum absolute atomic E-state index is 5.99. The fourth-order valence-corrected chi connectivity index (χ4v) is 1.98. The Balaban J connectivity index is 2.10. The first-order valence-electron chi connectivity index (χ1n) is 5.08. The van der Waals surface area contributed by atoms with E-state index in [0.29, 0.717) is 23.1 Å². The summed E-state index contributed by atoms with van der Waals surface area (Å²) in [6.07, 6.45) is 0. The number of nitrogens with two attached hydrogens (primary N) is 1. The molecule has 0 aliphatic heterocycles. The van der Waals surface area contributed by atoms with Crippen molar-refractivity contribution in [3.63, 3.8) is 0 Å². The van der Waals surface area contributed by atoms with Gasteiger partial charge < -0.3 is 10.5 Å². The highest BCUT2D eigenvalue weighted by Gasteiger charge is 2.03. The van der Waals surface area contributed by atoms with E-state index in [0.717, 1.165) is 10.0 Å². The van der Waals surface area contributed by atoms with Crippen LogP contribution in [0.5, 0.6) is 5.75 Å². The highest BCUT2D eigenvalue weighted by atomic mass is 79.9. The van der Waals surface area contributed by atoms with Gasteiger partial charge in [-0.05, 0) is 24.3 Å². The smallest absolute Gasteiger partial charge is 0.138 e. The molecule has 0 unspecified atom stereocenters. The summed E-state index contributed by atoms with van der Waals surface area (Å²) in [5.41, 5.74) is 7.52. The van der Waals surface area contributed by atoms with Gasteiger partial charge in [-0.25, -0.2) is 0 Å². The lowest BCUT2D eigenvalue weighted by Crippen LogP contribution is -2.00. The van der Waals surface area contributed by atoms with Crippen molar-refractivity contribution in [1.82, 2.24) is 0 Å². The third-order valence-electron chi connectivity index (χ3n) is 2.33. The summed E-state index contributed by atoms with van der Waals surface area (Å²) in [5, 5.41) is 0.600. The zero-order valence-electron chi connectivity index (χ0n) is 8.99. The van der Waals surface area contributed by atoms with Gasteiger partial charge in [0.2, 0.25) is 0 Å². The van der Waals surface area contributed by atoms with Crippen LogP contribution in [0.3, 0.4) is 0 Å². The van der Waals surface area contributed by atoms with Crippen molar-refractivity contribution in [2.24, 2.45) is 0 Å². The summed E-state index contributed by atoms with van der Waals surface area (Å²) >= 11 is 9.35. The summed E-state index contributed by atoms with van der Waals surface area (Å²) < 4.78 is 6.57. The van der Waals surface area contributed by atoms with Gasteiger partial charge in [0.25, 0.3) is 0 Å². The standard InChI is InChI=1S/C13H11BrClNO/c14-10-6-5-9(12(16)7-10)8-17-13-4-2-1-3-11(13)15/h1-7H,8,16H2. The molecule has 0 radical (unpaired) electrons. The Kier molecular flexibility index (Phi) is 3.92. The van der Waals surface area contributed by atoms with Gasteiger partial charge in [-0.1, -0.05) is 45.7 Å². The topological polar surface area (TPSA) is 35.2 Å². The Bertz CT molecular complexity index is 531. The van der Waals surface area contributed by atoms with Crippen LogP contribution >= 0.6 is 27.5 Å². The summed E-state index contributed by atoms with van der Waals surface area (Å²) in [6, 6.07) is 13.1. The average molecular weight is 313 g/mol. The molecule has 0 bridgehead atoms. The molecule has 0 spiro atoms. The Labute approximate surface area is 113 Å². The van der Waals surface area contributed by atoms with Crippen LogP contribution in [-0.4, -0.2) is 0 Å². The van der Waals surface area contributed by atoms with Crippen LogP contribution in [0.25, 0.3) is 0 Å². The lowest BCUT2D eigenvalue weighted by atomic mass is 10.2. The van der Waals surface area contributed by atoms with Crippen molar-refractivity contribution in [1.29, 1.82) is 0 Å². The molecule has 0 fully saturated rings. The second kappa shape index (κ2) is 5.43. The van der Waals surface area contributed by atoms with Gasteiger partial charge in [-0.3, -0.25) is 0 Å². The van der Waals surface area contributed by atoms with E-state index >= 15 is 0 Å². The van der Waals surface area contributed by atoms with Crippen LogP contribution in [0.15, 0.2) is 46.9 Å². The first-order valence-corrected chi connectivity index (χ1v) is 6.25. The third-order valence-corrected chi connectivity index (χ3v) is 3.13. The van der Waals surface area contributed by atoms with Gasteiger partial charge >= 0.3 is 0 Å². The van der Waals surface area contributed by atoms with E-state index in [1.807, 2.05) is 36.4 Å². The molecule has 2 aromatic rings. The van der Waals surface area contributed by atoms with Crippen LogP contribution in [0.4, 0.5) is 5.69 Å². The van der Waals surface area contributed by atoms with Crippen LogP contribution < -0.4 is 10.5 Å². The summed E-state index contributed by atoms with van der Waals surface area (Å²) in [7, 11) is 0. The second-order valence-electron chi connectivity index (χ2n) is 3.56. The molecule has 2 N–H and O–H groups in total. The molecule has 0 atom stereocenters. The average Bonchev–Trinajstić information content (AvgIpc) is 2.30. The van der Waals surface area contributed by atoms with Crippen molar-refractivity contribution in [2.45, 2.75) is 6.61 Å². The van der Waals surface area contributed by atoms with Gasteiger partial charge in [0.15, 0.2) is 0 Å². The molecule has 0 aliphatic rings. The highest BCUT2D eigenvalue weighted by molar-refractivity contribution is 9.10. The molecule has 4 heteroatoms. The molecule has 17 heavy (non-hydrogen) atoms. The maximum atomic E-state index is 5.99. The normalized spacial score (nSPS) is 10.2. The van der Waals surface area contributed by atoms with Crippen LogP contribution in [0.1, 0.15) is 5.56 Å². The predicted octanol–water partition coefficient (Wildman–Crippen LogP) is 4.26. The Hall–Kier alpha value is -1.19. The first kappa shape index (κ1) is 12.3. The highest BCUT2D eigenvalue weighted by Crippen LogP contribution is 2.25. The van der Waals surface area contributed by atoms with E-state index in [9.17, 15) is 0 Å². The van der Waals surface area contributed by atoms with Crippen molar-refractivity contribution >= 4 is 33.2 Å². The molecule has 0 amide bonds. The second-order valence-corrected chi connectivity index (χ2v) is 4.89. The van der Waals surface area contributed by atoms with E-state index in [4.69, 9.17) is 22.1 Å². The molecule has 2 nitrogen and oxygen atoms in total. The molecule has 0 aliphatic carbocycles. The number of hydrogen-bond donors (Lipinski definition) is 1. The number of halogens is 2. The minimum atomic E-state index is 0.406. The summed E-state index contributed by atoms with van der Waals surface area (Å²) in [5.74, 6) is 0.663. The lowest BCUT2D eigenvalue weighted by Gasteiger charge is -2.09. The van der Waals surface area contributed by atoms with Crippen LogP contribution in [-0.2, 0) is 6.61 Å². The number of benzene rings is 2. The first-order chi connectivity index (χ1) is 8.16. The van der Waals surface area contributed by atoms with Crippen molar-refractivity contribution in [3.05, 3.63) is 57.5 Å². The number of anilines is 1. The number of hydrogen-bond acceptors (Lipinski definition) is 2. The number of ether oxygens (including phenoxy) is 1. The minimum Gasteiger partial charge on any atom is -0.487 e. The monoisotopic (exact) mass is 311 g/mol. The fourth-order valence-electron chi connectivity index (χ4n) is 1.41. The van der Waals surface area contributed by atoms with Crippen LogP contribution in [0.2, 0.25) is 5.02 Å². The zero-order valence-corrected chi connectivity index (χ0v) is 11.3. The van der Waals surface area contributed by atoms with E-state index in [1.165, 1.54) is 0 Å². The molecule has 88 valence electrons. The fraction of sp³-hybridized carbons (Fsp3) is 0.0769. The molecule has 0 aromatic heterocycles. The molecular formula is C13H11BrClNO. The number of nitrogen functional groups attached to an aromatic ring is 1. The largest absolute Gasteiger partial charge is 0.487 e. The zero-order chi connectivity index (χ0) is 12.3. The van der Waals surface area contributed by atoms with E-state index in [1.54, 1.807) is 6.07 Å². The van der Waals surface area contributed by atoms with Gasteiger partial charge in [0.1, 0.15) is 12.4 Å². The quantitative estimate of drug-likeness (QED) is 0.859. The Morgan fingerprint density at radius 1 is 1.18 bits per heavy atom. The van der Waals surface area contributed by atoms with Gasteiger partial charge in [-0.2, -0.15) is 0 Å². The molecule has 2 rings (SSSR count). The van der Waals surface area contributed by atoms with Crippen molar-refractivity contribution in [2.75, 3.05) is 5.73 Å². The van der Waals surface area contributed by atoms with Gasteiger partial charge in [-0.15, -0.1) is 0 Å². The van der Waals surface area contributed by atoms with E-state index in [2.05, 4.69) is 15.9 Å². The van der Waals surface area contributed by atoms with E-state index in [-0.39, 0.29) is 0 Å². The third kappa shape index (κ3) is 3.14. The number of rotatable bonds is 3. The molecule has 2 aromatic carbocycles. The Morgan fingerprint density at radius 2 is 1.94 bits per heavy atom. The molecule has 0 saturated heterocycles. The summed E-state index contributed by atoms with van der Waals surface area (Å²) in [4.78, 5) is 0. The predicted molar refractivity (Wildman–Crippen MR) is 74.3 cm³/mol. The molecule has 0 saturated carbocycles. The van der Waals surface area contributed by atoms with Gasteiger partial charge in [0, 0.05) is 15.7 Å². The maximum Gasteiger partial charge on any atom is 0.138 e. The van der Waals surface area contributed by atoms with Gasteiger partial charge in [0.05, 0.1) is 5.02 Å². The SMILES string of the molecule is Nc1cc(Br)ccc1COc1ccccc1Cl. The Morgan fingerprint density at radius 3 is 2.65 bits per heavy atom. The van der Waals surface area contributed by atoms with Crippen molar-refractivity contribution < 1.29 is 4.74 Å². The number of para-hydroxylation sites is 1. The van der Waals surface area contributed by atoms with Crippen LogP contribution in [0, 0.1) is 0 Å². The minimum absolute atomic E-state index is 0.406. The van der Waals surface area contributed by atoms with E-state index < -0.39 is 0 Å².